The molecule has 2 aliphatic heterocycles. The Bertz CT molecular complexity index is 514. The van der Waals surface area contributed by atoms with Crippen LogP contribution in [0.3, 0.4) is 0 Å². The number of carbonyl (C=O) groups excluding carboxylic acids is 1. The van der Waals surface area contributed by atoms with E-state index in [4.69, 9.17) is 21.1 Å². The molecule has 0 spiro atoms. The number of anilines is 1. The van der Waals surface area contributed by atoms with Gasteiger partial charge in [-0.3, -0.25) is 4.79 Å². The normalized spacial score (nSPS) is 23.9. The minimum Gasteiger partial charge on any atom is -0.386 e. The average molecular weight is 284 g/mol. The van der Waals surface area contributed by atoms with Gasteiger partial charge in [0.05, 0.1) is 26.2 Å². The van der Waals surface area contributed by atoms with Gasteiger partial charge in [-0.05, 0) is 17.7 Å². The van der Waals surface area contributed by atoms with E-state index in [0.29, 0.717) is 42.5 Å². The SMILES string of the molecule is O=C1Cc2cc(C(O)C3COCCO3)c(Cl)cc2N1. The average Bonchev–Trinajstić information content (AvgIpc) is 2.77. The second kappa shape index (κ2) is 5.09. The van der Waals surface area contributed by atoms with Crippen molar-refractivity contribution in [1.29, 1.82) is 0 Å². The van der Waals surface area contributed by atoms with Crippen LogP contribution in [0.15, 0.2) is 12.1 Å². The summed E-state index contributed by atoms with van der Waals surface area (Å²) in [6, 6.07) is 3.43. The zero-order valence-electron chi connectivity index (χ0n) is 10.2. The molecule has 0 bridgehead atoms. The van der Waals surface area contributed by atoms with Gasteiger partial charge in [-0.15, -0.1) is 0 Å². The summed E-state index contributed by atoms with van der Waals surface area (Å²) in [6.07, 6.45) is -0.961. The summed E-state index contributed by atoms with van der Waals surface area (Å²) in [4.78, 5) is 11.3. The monoisotopic (exact) mass is 283 g/mol. The number of hydrogen-bond acceptors (Lipinski definition) is 4. The van der Waals surface area contributed by atoms with E-state index in [1.807, 2.05) is 0 Å². The molecule has 0 saturated carbocycles. The van der Waals surface area contributed by atoms with Crippen LogP contribution in [0.2, 0.25) is 5.02 Å². The van der Waals surface area contributed by atoms with E-state index < -0.39 is 12.2 Å². The van der Waals surface area contributed by atoms with Crippen molar-refractivity contribution in [3.05, 3.63) is 28.3 Å². The molecule has 6 heteroatoms. The maximum absolute atomic E-state index is 11.3. The third-order valence-corrected chi connectivity index (χ3v) is 3.69. The standard InChI is InChI=1S/C13H14ClNO4/c14-9-5-10-7(4-12(16)15-10)3-8(9)13(17)11-6-18-1-2-19-11/h3,5,11,13,17H,1-2,4,6H2,(H,15,16). The van der Waals surface area contributed by atoms with Crippen molar-refractivity contribution in [3.63, 3.8) is 0 Å². The van der Waals surface area contributed by atoms with Crippen molar-refractivity contribution in [2.45, 2.75) is 18.6 Å². The summed E-state index contributed by atoms with van der Waals surface area (Å²) in [5, 5.41) is 13.5. The van der Waals surface area contributed by atoms with Crippen molar-refractivity contribution < 1.29 is 19.4 Å². The molecule has 3 rings (SSSR count). The molecular formula is C13H14ClNO4. The van der Waals surface area contributed by atoms with Crippen molar-refractivity contribution in [1.82, 2.24) is 0 Å². The minimum absolute atomic E-state index is 0.0602. The topological polar surface area (TPSA) is 67.8 Å². The van der Waals surface area contributed by atoms with Crippen LogP contribution in [0.5, 0.6) is 0 Å². The largest absolute Gasteiger partial charge is 0.386 e. The molecule has 102 valence electrons. The Kier molecular flexibility index (Phi) is 3.45. The van der Waals surface area contributed by atoms with Crippen LogP contribution in [-0.4, -0.2) is 36.9 Å². The molecular weight excluding hydrogens is 270 g/mol. The third kappa shape index (κ3) is 2.47. The highest BCUT2D eigenvalue weighted by molar-refractivity contribution is 6.32. The predicted octanol–water partition coefficient (Wildman–Crippen LogP) is 1.28. The lowest BCUT2D eigenvalue weighted by atomic mass is 10.0. The number of benzene rings is 1. The van der Waals surface area contributed by atoms with Crippen LogP contribution < -0.4 is 5.32 Å². The van der Waals surface area contributed by atoms with E-state index in [2.05, 4.69) is 5.32 Å². The highest BCUT2D eigenvalue weighted by atomic mass is 35.5. The molecule has 2 atom stereocenters. The summed E-state index contributed by atoms with van der Waals surface area (Å²) < 4.78 is 10.8. The van der Waals surface area contributed by atoms with Gasteiger partial charge >= 0.3 is 0 Å². The first-order valence-electron chi connectivity index (χ1n) is 6.15. The Morgan fingerprint density at radius 2 is 2.26 bits per heavy atom. The highest BCUT2D eigenvalue weighted by Gasteiger charge is 2.28. The molecule has 0 aromatic heterocycles. The Hall–Kier alpha value is -1.14. The zero-order valence-corrected chi connectivity index (χ0v) is 10.9. The van der Waals surface area contributed by atoms with Gasteiger partial charge in [0.25, 0.3) is 0 Å². The lowest BCUT2D eigenvalue weighted by Crippen LogP contribution is -2.34. The fraction of sp³-hybridized carbons (Fsp3) is 0.462. The Labute approximate surface area is 115 Å². The number of ether oxygens (including phenoxy) is 2. The maximum atomic E-state index is 11.3. The second-order valence-corrected chi connectivity index (χ2v) is 5.09. The van der Waals surface area contributed by atoms with Gasteiger partial charge < -0.3 is 19.9 Å². The van der Waals surface area contributed by atoms with Crippen LogP contribution in [0.25, 0.3) is 0 Å². The van der Waals surface area contributed by atoms with E-state index >= 15 is 0 Å². The molecule has 19 heavy (non-hydrogen) atoms. The van der Waals surface area contributed by atoms with Gasteiger partial charge in [0.1, 0.15) is 12.2 Å². The molecule has 1 aromatic rings. The Balaban J connectivity index is 1.88. The number of amides is 1. The van der Waals surface area contributed by atoms with Crippen molar-refractivity contribution in [3.8, 4) is 0 Å². The predicted molar refractivity (Wildman–Crippen MR) is 69.3 cm³/mol. The summed E-state index contributed by atoms with van der Waals surface area (Å²) in [7, 11) is 0. The summed E-state index contributed by atoms with van der Waals surface area (Å²) in [5.74, 6) is -0.0602. The van der Waals surface area contributed by atoms with E-state index in [1.54, 1.807) is 12.1 Å². The lowest BCUT2D eigenvalue weighted by Gasteiger charge is -2.28. The van der Waals surface area contributed by atoms with Crippen LogP contribution in [0.1, 0.15) is 17.2 Å². The number of nitrogens with one attached hydrogen (secondary N) is 1. The first kappa shape index (κ1) is 12.9. The Morgan fingerprint density at radius 1 is 1.42 bits per heavy atom. The number of rotatable bonds is 2. The first-order valence-corrected chi connectivity index (χ1v) is 6.52. The number of fused-ring (bicyclic) bond motifs is 1. The summed E-state index contributed by atoms with van der Waals surface area (Å²) in [5.41, 5.74) is 2.14. The van der Waals surface area contributed by atoms with Gasteiger partial charge in [0, 0.05) is 16.3 Å². The highest BCUT2D eigenvalue weighted by Crippen LogP contribution is 2.34. The van der Waals surface area contributed by atoms with E-state index in [-0.39, 0.29) is 5.91 Å². The van der Waals surface area contributed by atoms with Gasteiger partial charge in [0.15, 0.2) is 0 Å². The zero-order chi connectivity index (χ0) is 13.4. The number of halogens is 1. The van der Waals surface area contributed by atoms with Gasteiger partial charge in [-0.1, -0.05) is 11.6 Å². The lowest BCUT2D eigenvalue weighted by molar-refractivity contribution is -0.133. The van der Waals surface area contributed by atoms with Crippen LogP contribution in [0.4, 0.5) is 5.69 Å². The molecule has 0 radical (unpaired) electrons. The number of aliphatic hydroxyl groups excluding tert-OH is 1. The molecule has 1 fully saturated rings. The van der Waals surface area contributed by atoms with Crippen LogP contribution in [0, 0.1) is 0 Å². The molecule has 1 saturated heterocycles. The van der Waals surface area contributed by atoms with Gasteiger partial charge in [0.2, 0.25) is 5.91 Å². The molecule has 1 amide bonds. The summed E-state index contributed by atoms with van der Waals surface area (Å²) in [6.45, 7) is 1.34. The van der Waals surface area contributed by atoms with E-state index in [0.717, 1.165) is 5.56 Å². The van der Waals surface area contributed by atoms with Gasteiger partial charge in [-0.25, -0.2) is 0 Å². The third-order valence-electron chi connectivity index (χ3n) is 3.36. The fourth-order valence-corrected chi connectivity index (χ4v) is 2.66. The quantitative estimate of drug-likeness (QED) is 0.858. The smallest absolute Gasteiger partial charge is 0.228 e. The number of aliphatic hydroxyl groups is 1. The van der Waals surface area contributed by atoms with Crippen molar-refractivity contribution >= 4 is 23.2 Å². The molecule has 0 aliphatic carbocycles. The second-order valence-electron chi connectivity index (χ2n) is 4.68. The Morgan fingerprint density at radius 3 is 3.00 bits per heavy atom. The van der Waals surface area contributed by atoms with E-state index in [9.17, 15) is 9.90 Å². The number of hydrogen-bond donors (Lipinski definition) is 2. The first-order chi connectivity index (χ1) is 9.15. The van der Waals surface area contributed by atoms with E-state index in [1.165, 1.54) is 0 Å². The van der Waals surface area contributed by atoms with Crippen molar-refractivity contribution in [2.24, 2.45) is 0 Å². The van der Waals surface area contributed by atoms with Gasteiger partial charge in [-0.2, -0.15) is 0 Å². The molecule has 2 unspecified atom stereocenters. The summed E-state index contributed by atoms with van der Waals surface area (Å²) >= 11 is 6.16. The molecule has 2 N–H and O–H groups in total. The maximum Gasteiger partial charge on any atom is 0.228 e. The molecule has 5 nitrogen and oxygen atoms in total. The fourth-order valence-electron chi connectivity index (χ4n) is 2.38. The minimum atomic E-state index is -0.853. The number of carbonyl (C=O) groups is 1. The molecule has 2 heterocycles. The molecule has 2 aliphatic rings. The molecule has 1 aromatic carbocycles. The van der Waals surface area contributed by atoms with Crippen LogP contribution >= 0.6 is 11.6 Å². The van der Waals surface area contributed by atoms with Crippen molar-refractivity contribution in [2.75, 3.05) is 25.1 Å². The van der Waals surface area contributed by atoms with Crippen LogP contribution in [-0.2, 0) is 20.7 Å².